The standard InChI is InChI=1S/C18H30N2O5/c1-17(2)6-7-18(3,4)15(17)13(9-12(19)16(24)25-5)20-11(10-21)8-14(22)23/h9-12,15,20H,6-8,19H2,1-5H3,(H,22,23)/t11-,12?/m1/s1. The fourth-order valence-electron chi connectivity index (χ4n) is 3.99. The van der Waals surface area contributed by atoms with Gasteiger partial charge in [0.25, 0.3) is 0 Å². The van der Waals surface area contributed by atoms with Crippen LogP contribution in [0.4, 0.5) is 0 Å². The lowest BCUT2D eigenvalue weighted by Gasteiger charge is -2.39. The van der Waals surface area contributed by atoms with E-state index in [1.807, 2.05) is 0 Å². The molecule has 0 aromatic rings. The maximum Gasteiger partial charge on any atom is 0.326 e. The van der Waals surface area contributed by atoms with Crippen molar-refractivity contribution in [1.29, 1.82) is 0 Å². The molecule has 1 aliphatic carbocycles. The Hall–Kier alpha value is -1.89. The van der Waals surface area contributed by atoms with Gasteiger partial charge >= 0.3 is 11.9 Å². The third-order valence-corrected chi connectivity index (χ3v) is 5.03. The number of methoxy groups -OCH3 is 1. The zero-order chi connectivity index (χ0) is 19.4. The molecule has 1 rings (SSSR count). The van der Waals surface area contributed by atoms with Crippen LogP contribution in [0.25, 0.3) is 0 Å². The number of hydrogen-bond donors (Lipinski definition) is 3. The first-order valence-corrected chi connectivity index (χ1v) is 8.43. The summed E-state index contributed by atoms with van der Waals surface area (Å²) in [4.78, 5) is 34.0. The Morgan fingerprint density at radius 1 is 1.28 bits per heavy atom. The molecule has 0 heterocycles. The number of esters is 1. The van der Waals surface area contributed by atoms with Crippen molar-refractivity contribution in [3.8, 4) is 0 Å². The largest absolute Gasteiger partial charge is 0.481 e. The Labute approximate surface area is 149 Å². The van der Waals surface area contributed by atoms with Crippen molar-refractivity contribution in [1.82, 2.24) is 5.32 Å². The number of aldehydes is 1. The molecule has 4 N–H and O–H groups in total. The maximum atomic E-state index is 11.7. The summed E-state index contributed by atoms with van der Waals surface area (Å²) < 4.78 is 4.68. The molecule has 0 aromatic carbocycles. The number of ether oxygens (including phenoxy) is 1. The van der Waals surface area contributed by atoms with Crippen LogP contribution in [0, 0.1) is 16.7 Å². The fourth-order valence-corrected chi connectivity index (χ4v) is 3.99. The maximum absolute atomic E-state index is 11.7. The number of carbonyl (C=O) groups is 3. The van der Waals surface area contributed by atoms with Crippen molar-refractivity contribution >= 4 is 18.2 Å². The highest BCUT2D eigenvalue weighted by Crippen LogP contribution is 2.56. The van der Waals surface area contributed by atoms with Gasteiger partial charge in [-0.15, -0.1) is 0 Å². The van der Waals surface area contributed by atoms with E-state index in [0.717, 1.165) is 12.8 Å². The smallest absolute Gasteiger partial charge is 0.326 e. The molecule has 7 nitrogen and oxygen atoms in total. The average molecular weight is 354 g/mol. The van der Waals surface area contributed by atoms with Crippen molar-refractivity contribution in [3.05, 3.63) is 11.8 Å². The van der Waals surface area contributed by atoms with E-state index in [0.29, 0.717) is 12.0 Å². The lowest BCUT2D eigenvalue weighted by molar-refractivity contribution is -0.141. The number of carboxylic acid groups (broad SMARTS) is 1. The topological polar surface area (TPSA) is 119 Å². The Morgan fingerprint density at radius 3 is 2.20 bits per heavy atom. The number of aliphatic carboxylic acids is 1. The second-order valence-electron chi connectivity index (χ2n) is 8.07. The number of carbonyl (C=O) groups excluding carboxylic acids is 2. The molecule has 0 aliphatic heterocycles. The van der Waals surface area contributed by atoms with Gasteiger partial charge in [-0.1, -0.05) is 27.7 Å². The number of rotatable bonds is 8. The van der Waals surface area contributed by atoms with Crippen molar-refractivity contribution < 1.29 is 24.2 Å². The van der Waals surface area contributed by atoms with E-state index < -0.39 is 24.0 Å². The Kier molecular flexibility index (Phi) is 6.76. The van der Waals surface area contributed by atoms with Gasteiger partial charge in [-0.3, -0.25) is 9.59 Å². The SMILES string of the molecule is COC(=O)C(N)C=C(N[C@@H](C=O)CC(=O)O)C1C(C)(C)CCC1(C)C. The van der Waals surface area contributed by atoms with E-state index in [1.54, 1.807) is 6.08 Å². The minimum atomic E-state index is -1.08. The molecule has 0 bridgehead atoms. The number of hydrogen-bond acceptors (Lipinski definition) is 6. The van der Waals surface area contributed by atoms with Gasteiger partial charge < -0.3 is 25.7 Å². The summed E-state index contributed by atoms with van der Waals surface area (Å²) in [5, 5.41) is 12.0. The van der Waals surface area contributed by atoms with Crippen LogP contribution >= 0.6 is 0 Å². The summed E-state index contributed by atoms with van der Waals surface area (Å²) in [6.45, 7) is 8.49. The van der Waals surface area contributed by atoms with Crippen LogP contribution in [0.1, 0.15) is 47.0 Å². The second-order valence-corrected chi connectivity index (χ2v) is 8.07. The molecule has 0 amide bonds. The molecule has 0 aromatic heterocycles. The first-order chi connectivity index (χ1) is 11.4. The van der Waals surface area contributed by atoms with Gasteiger partial charge in [0.2, 0.25) is 0 Å². The van der Waals surface area contributed by atoms with Crippen LogP contribution in [0.15, 0.2) is 11.8 Å². The third kappa shape index (κ3) is 5.29. The summed E-state index contributed by atoms with van der Waals surface area (Å²) >= 11 is 0. The molecule has 0 spiro atoms. The predicted molar refractivity (Wildman–Crippen MR) is 93.6 cm³/mol. The third-order valence-electron chi connectivity index (χ3n) is 5.03. The minimum Gasteiger partial charge on any atom is -0.481 e. The molecule has 1 unspecified atom stereocenters. The van der Waals surface area contributed by atoms with Gasteiger partial charge in [0, 0.05) is 11.6 Å². The van der Waals surface area contributed by atoms with E-state index in [-0.39, 0.29) is 23.2 Å². The monoisotopic (exact) mass is 354 g/mol. The summed E-state index contributed by atoms with van der Waals surface area (Å²) in [5.41, 5.74) is 6.35. The average Bonchev–Trinajstić information content (AvgIpc) is 2.72. The molecule has 142 valence electrons. The molecule has 0 saturated heterocycles. The molecule has 2 atom stereocenters. The zero-order valence-electron chi connectivity index (χ0n) is 15.7. The van der Waals surface area contributed by atoms with Gasteiger partial charge in [0.15, 0.2) is 0 Å². The summed E-state index contributed by atoms with van der Waals surface area (Å²) in [5.74, 6) is -1.67. The van der Waals surface area contributed by atoms with E-state index in [9.17, 15) is 14.4 Å². The van der Waals surface area contributed by atoms with Crippen LogP contribution < -0.4 is 11.1 Å². The molecular formula is C18H30N2O5. The Balaban J connectivity index is 3.27. The molecule has 1 aliphatic rings. The number of carboxylic acids is 1. The molecule has 0 radical (unpaired) electrons. The van der Waals surface area contributed by atoms with Gasteiger partial charge in [-0.05, 0) is 29.7 Å². The van der Waals surface area contributed by atoms with Crippen LogP contribution in [0.2, 0.25) is 0 Å². The summed E-state index contributed by atoms with van der Waals surface area (Å²) in [6.07, 6.45) is 3.73. The van der Waals surface area contributed by atoms with E-state index in [1.165, 1.54) is 7.11 Å². The second kappa shape index (κ2) is 7.99. The quantitative estimate of drug-likeness (QED) is 0.446. The lowest BCUT2D eigenvalue weighted by Crippen LogP contribution is -2.42. The molecule has 1 saturated carbocycles. The van der Waals surface area contributed by atoms with Crippen molar-refractivity contribution in [2.24, 2.45) is 22.5 Å². The van der Waals surface area contributed by atoms with Gasteiger partial charge in [-0.25, -0.2) is 0 Å². The van der Waals surface area contributed by atoms with E-state index in [2.05, 4.69) is 37.7 Å². The van der Waals surface area contributed by atoms with E-state index in [4.69, 9.17) is 10.8 Å². The van der Waals surface area contributed by atoms with Crippen LogP contribution in [0.5, 0.6) is 0 Å². The summed E-state index contributed by atoms with van der Waals surface area (Å²) in [7, 11) is 1.26. The highest BCUT2D eigenvalue weighted by Gasteiger charge is 2.49. The Morgan fingerprint density at radius 2 is 1.80 bits per heavy atom. The number of nitrogens with one attached hydrogen (secondary N) is 1. The molecule has 1 fully saturated rings. The van der Waals surface area contributed by atoms with Gasteiger partial charge in [-0.2, -0.15) is 0 Å². The first-order valence-electron chi connectivity index (χ1n) is 8.43. The van der Waals surface area contributed by atoms with Crippen molar-refractivity contribution in [2.75, 3.05) is 7.11 Å². The van der Waals surface area contributed by atoms with Gasteiger partial charge in [0.05, 0.1) is 19.6 Å². The zero-order valence-corrected chi connectivity index (χ0v) is 15.7. The normalized spacial score (nSPS) is 22.1. The fraction of sp³-hybridized carbons (Fsp3) is 0.722. The number of nitrogens with two attached hydrogens (primary N) is 1. The van der Waals surface area contributed by atoms with E-state index >= 15 is 0 Å². The Bertz CT molecular complexity index is 538. The van der Waals surface area contributed by atoms with Crippen molar-refractivity contribution in [2.45, 2.75) is 59.0 Å². The molecule has 7 heteroatoms. The predicted octanol–water partition coefficient (Wildman–Crippen LogP) is 1.46. The number of allylic oxidation sites excluding steroid dienone is 1. The minimum absolute atomic E-state index is 0.00745. The summed E-state index contributed by atoms with van der Waals surface area (Å²) in [6, 6.07) is -1.88. The lowest BCUT2D eigenvalue weighted by atomic mass is 9.70. The van der Waals surface area contributed by atoms with Crippen molar-refractivity contribution in [3.63, 3.8) is 0 Å². The highest BCUT2D eigenvalue weighted by molar-refractivity contribution is 5.78. The molecule has 25 heavy (non-hydrogen) atoms. The van der Waals surface area contributed by atoms with Crippen LogP contribution in [-0.4, -0.2) is 42.5 Å². The molecular weight excluding hydrogens is 324 g/mol. The van der Waals surface area contributed by atoms with Crippen LogP contribution in [0.3, 0.4) is 0 Å². The highest BCUT2D eigenvalue weighted by atomic mass is 16.5. The van der Waals surface area contributed by atoms with Gasteiger partial charge in [0.1, 0.15) is 12.3 Å². The first kappa shape index (κ1) is 21.2. The van der Waals surface area contributed by atoms with Crippen LogP contribution in [-0.2, 0) is 19.1 Å².